The first-order valence-corrected chi connectivity index (χ1v) is 19.8. The van der Waals surface area contributed by atoms with Crippen LogP contribution < -0.4 is 0 Å². The molecular formula is C45H74O4. The zero-order chi connectivity index (χ0) is 35.6. The van der Waals surface area contributed by atoms with E-state index in [4.69, 9.17) is 9.47 Å². The normalized spacial score (nSPS) is 13.4. The van der Waals surface area contributed by atoms with E-state index in [9.17, 15) is 9.90 Å². The van der Waals surface area contributed by atoms with Crippen molar-refractivity contribution in [3.8, 4) is 0 Å². The molecule has 0 aliphatic heterocycles. The minimum atomic E-state index is -0.567. The number of hydrogen-bond acceptors (Lipinski definition) is 4. The van der Waals surface area contributed by atoms with Crippen molar-refractivity contribution in [1.82, 2.24) is 0 Å². The zero-order valence-electron chi connectivity index (χ0n) is 31.7. The van der Waals surface area contributed by atoms with E-state index in [1.807, 2.05) is 0 Å². The molecule has 4 nitrogen and oxygen atoms in total. The van der Waals surface area contributed by atoms with E-state index in [1.165, 1.54) is 44.9 Å². The first-order valence-electron chi connectivity index (χ1n) is 19.8. The van der Waals surface area contributed by atoms with E-state index in [0.717, 1.165) is 89.9 Å². The average Bonchev–Trinajstić information content (AvgIpc) is 3.11. The van der Waals surface area contributed by atoms with Crippen LogP contribution in [0.4, 0.5) is 0 Å². The zero-order valence-corrected chi connectivity index (χ0v) is 31.7. The van der Waals surface area contributed by atoms with Crippen molar-refractivity contribution in [2.75, 3.05) is 19.8 Å². The summed E-state index contributed by atoms with van der Waals surface area (Å²) in [6.07, 6.45) is 58.9. The number of esters is 1. The summed E-state index contributed by atoms with van der Waals surface area (Å²) in [4.78, 5) is 12.1. The SMILES string of the molecule is CC/C=C\C/C=C\C/C=C\C/C=C\C/C=C\C/C=C\C/C=C\CCCCOCC(CO)OC(=O)CCCCCCC/C=C\CCCCCC. The van der Waals surface area contributed by atoms with E-state index in [-0.39, 0.29) is 19.2 Å². The van der Waals surface area contributed by atoms with Gasteiger partial charge in [0.15, 0.2) is 0 Å². The molecule has 278 valence electrons. The molecule has 0 heterocycles. The highest BCUT2D eigenvalue weighted by molar-refractivity contribution is 5.69. The quantitative estimate of drug-likeness (QED) is 0.0412. The third-order valence-corrected chi connectivity index (χ3v) is 7.89. The van der Waals surface area contributed by atoms with Crippen molar-refractivity contribution in [1.29, 1.82) is 0 Å². The summed E-state index contributed by atoms with van der Waals surface area (Å²) in [5.74, 6) is -0.231. The number of aliphatic hydroxyl groups excluding tert-OH is 1. The number of rotatable bonds is 35. The summed E-state index contributed by atoms with van der Waals surface area (Å²) in [5, 5.41) is 9.56. The van der Waals surface area contributed by atoms with Crippen molar-refractivity contribution in [2.45, 2.75) is 161 Å². The lowest BCUT2D eigenvalue weighted by atomic mass is 10.1. The van der Waals surface area contributed by atoms with E-state index >= 15 is 0 Å². The van der Waals surface area contributed by atoms with Crippen LogP contribution in [0.25, 0.3) is 0 Å². The van der Waals surface area contributed by atoms with Crippen molar-refractivity contribution in [2.24, 2.45) is 0 Å². The highest BCUT2D eigenvalue weighted by Gasteiger charge is 2.13. The van der Waals surface area contributed by atoms with Gasteiger partial charge in [0.1, 0.15) is 6.10 Å². The smallest absolute Gasteiger partial charge is 0.306 e. The standard InChI is InChI=1S/C45H74O4/c1-3-5-7-9-11-13-15-17-18-19-20-21-22-23-24-25-26-27-29-31-33-35-37-39-41-48-43-44(42-46)49-45(47)40-38-36-34-32-30-28-16-14-12-10-8-6-4-2/h5,7,11,13-14,16-18,20-21,23-24,26-27,31,33,44,46H,3-4,6,8-10,12,15,19,22,25,28-30,32,34-43H2,1-2H3/b7-5-,13-11-,16-14-,18-17-,21-20-,24-23-,27-26-,33-31-. The van der Waals surface area contributed by atoms with Crippen molar-refractivity contribution in [3.05, 3.63) is 97.2 Å². The van der Waals surface area contributed by atoms with Gasteiger partial charge in [-0.05, 0) is 96.3 Å². The maximum atomic E-state index is 12.1. The molecule has 0 saturated carbocycles. The van der Waals surface area contributed by atoms with Gasteiger partial charge in [-0.1, -0.05) is 150 Å². The molecule has 0 aromatic carbocycles. The Kier molecular flexibility index (Phi) is 39.2. The fourth-order valence-electron chi connectivity index (χ4n) is 4.95. The van der Waals surface area contributed by atoms with Gasteiger partial charge in [-0.3, -0.25) is 4.79 Å². The van der Waals surface area contributed by atoms with Crippen molar-refractivity contribution in [3.63, 3.8) is 0 Å². The molecule has 1 N–H and O–H groups in total. The molecule has 0 amide bonds. The fraction of sp³-hybridized carbons (Fsp3) is 0.622. The molecule has 0 radical (unpaired) electrons. The third-order valence-electron chi connectivity index (χ3n) is 7.89. The second-order valence-electron chi connectivity index (χ2n) is 12.6. The molecule has 0 rings (SSSR count). The van der Waals surface area contributed by atoms with Crippen LogP contribution in [0.5, 0.6) is 0 Å². The van der Waals surface area contributed by atoms with Gasteiger partial charge >= 0.3 is 5.97 Å². The third kappa shape index (κ3) is 39.6. The van der Waals surface area contributed by atoms with Crippen molar-refractivity contribution < 1.29 is 19.4 Å². The minimum Gasteiger partial charge on any atom is -0.457 e. The number of ether oxygens (including phenoxy) is 2. The van der Waals surface area contributed by atoms with Crippen LogP contribution in [-0.2, 0) is 14.3 Å². The summed E-state index contributed by atoms with van der Waals surface area (Å²) < 4.78 is 11.1. The van der Waals surface area contributed by atoms with Crippen LogP contribution in [0.15, 0.2) is 97.2 Å². The van der Waals surface area contributed by atoms with E-state index < -0.39 is 6.10 Å². The van der Waals surface area contributed by atoms with Gasteiger partial charge in [-0.15, -0.1) is 0 Å². The molecule has 0 fully saturated rings. The van der Waals surface area contributed by atoms with Gasteiger partial charge in [-0.25, -0.2) is 0 Å². The van der Waals surface area contributed by atoms with Gasteiger partial charge < -0.3 is 14.6 Å². The molecule has 0 aromatic heterocycles. The van der Waals surface area contributed by atoms with Crippen LogP contribution >= 0.6 is 0 Å². The summed E-state index contributed by atoms with van der Waals surface area (Å²) in [6.45, 7) is 5.08. The molecule has 0 spiro atoms. The summed E-state index contributed by atoms with van der Waals surface area (Å²) >= 11 is 0. The van der Waals surface area contributed by atoms with Gasteiger partial charge in [0.25, 0.3) is 0 Å². The molecule has 0 aromatic rings. The van der Waals surface area contributed by atoms with Crippen LogP contribution in [-0.4, -0.2) is 37.0 Å². The Morgan fingerprint density at radius 3 is 1.41 bits per heavy atom. The summed E-state index contributed by atoms with van der Waals surface area (Å²) in [6, 6.07) is 0. The molecule has 4 heteroatoms. The Morgan fingerprint density at radius 1 is 0.510 bits per heavy atom. The van der Waals surface area contributed by atoms with Crippen LogP contribution in [0.2, 0.25) is 0 Å². The molecular weight excluding hydrogens is 604 g/mol. The van der Waals surface area contributed by atoms with E-state index in [1.54, 1.807) is 0 Å². The highest BCUT2D eigenvalue weighted by atomic mass is 16.6. The minimum absolute atomic E-state index is 0.199. The highest BCUT2D eigenvalue weighted by Crippen LogP contribution is 2.10. The van der Waals surface area contributed by atoms with E-state index in [2.05, 4.69) is 111 Å². The topological polar surface area (TPSA) is 55.8 Å². The number of hydrogen-bond donors (Lipinski definition) is 1. The number of allylic oxidation sites excluding steroid dienone is 16. The lowest BCUT2D eigenvalue weighted by Crippen LogP contribution is -2.27. The molecule has 1 unspecified atom stereocenters. The maximum absolute atomic E-state index is 12.1. The molecule has 49 heavy (non-hydrogen) atoms. The Balaban J connectivity index is 3.62. The van der Waals surface area contributed by atoms with Gasteiger partial charge in [-0.2, -0.15) is 0 Å². The van der Waals surface area contributed by atoms with Crippen LogP contribution in [0, 0.1) is 0 Å². The largest absolute Gasteiger partial charge is 0.457 e. The van der Waals surface area contributed by atoms with E-state index in [0.29, 0.717) is 13.0 Å². The monoisotopic (exact) mass is 679 g/mol. The van der Waals surface area contributed by atoms with Crippen LogP contribution in [0.3, 0.4) is 0 Å². The van der Waals surface area contributed by atoms with Crippen LogP contribution in [0.1, 0.15) is 155 Å². The fourth-order valence-corrected chi connectivity index (χ4v) is 4.95. The van der Waals surface area contributed by atoms with Gasteiger partial charge in [0.2, 0.25) is 0 Å². The molecule has 0 bridgehead atoms. The summed E-state index contributed by atoms with van der Waals surface area (Å²) in [7, 11) is 0. The lowest BCUT2D eigenvalue weighted by Gasteiger charge is -2.15. The predicted octanol–water partition coefficient (Wildman–Crippen LogP) is 13.0. The average molecular weight is 679 g/mol. The number of aliphatic hydroxyl groups is 1. The second-order valence-corrected chi connectivity index (χ2v) is 12.6. The Bertz CT molecular complexity index is 934. The van der Waals surface area contributed by atoms with Gasteiger partial charge in [0.05, 0.1) is 13.2 Å². The lowest BCUT2D eigenvalue weighted by molar-refractivity contribution is -0.154. The maximum Gasteiger partial charge on any atom is 0.306 e. The number of unbranched alkanes of at least 4 members (excludes halogenated alkanes) is 11. The Hall–Kier alpha value is -2.69. The first kappa shape index (κ1) is 46.3. The van der Waals surface area contributed by atoms with Crippen molar-refractivity contribution >= 4 is 5.97 Å². The molecule has 1 atom stereocenters. The second kappa shape index (κ2) is 41.5. The first-order chi connectivity index (χ1) is 24.2. The number of carbonyl (C=O) groups excluding carboxylic acids is 1. The number of carbonyl (C=O) groups is 1. The molecule has 0 saturated heterocycles. The Morgan fingerprint density at radius 2 is 0.918 bits per heavy atom. The summed E-state index contributed by atoms with van der Waals surface area (Å²) in [5.41, 5.74) is 0. The molecule has 0 aliphatic carbocycles. The predicted molar refractivity (Wildman–Crippen MR) is 214 cm³/mol. The Labute approximate surface area is 302 Å². The van der Waals surface area contributed by atoms with Gasteiger partial charge in [0, 0.05) is 13.0 Å². The molecule has 0 aliphatic rings.